The van der Waals surface area contributed by atoms with Crippen LogP contribution in [-0.4, -0.2) is 70.3 Å². The van der Waals surface area contributed by atoms with E-state index in [4.69, 9.17) is 4.74 Å². The molecule has 0 saturated carbocycles. The molecule has 0 aliphatic carbocycles. The van der Waals surface area contributed by atoms with Crippen LogP contribution in [0.2, 0.25) is 0 Å². The number of carbonyl (C=O) groups is 1. The Bertz CT molecular complexity index is 1180. The molecule has 2 aromatic heterocycles. The number of alkyl halides is 1. The quantitative estimate of drug-likeness (QED) is 0.697. The maximum absolute atomic E-state index is 14.5. The summed E-state index contributed by atoms with van der Waals surface area (Å²) < 4.78 is 34.6. The van der Waals surface area contributed by atoms with Crippen LogP contribution in [0.15, 0.2) is 36.7 Å². The average Bonchev–Trinajstić information content (AvgIpc) is 3.08. The lowest BCUT2D eigenvalue weighted by molar-refractivity contribution is -0.160. The average molecular weight is 426 g/mol. The summed E-state index contributed by atoms with van der Waals surface area (Å²) in [4.78, 5) is 20.1. The number of aromatic nitrogens is 3. The van der Waals surface area contributed by atoms with E-state index in [0.29, 0.717) is 11.3 Å². The van der Waals surface area contributed by atoms with Crippen LogP contribution in [0, 0.1) is 5.82 Å². The molecule has 8 nitrogen and oxygen atoms in total. The summed E-state index contributed by atoms with van der Waals surface area (Å²) in [6.07, 6.45) is 3.60. The van der Waals surface area contributed by atoms with Crippen molar-refractivity contribution in [2.24, 2.45) is 0 Å². The zero-order valence-electron chi connectivity index (χ0n) is 16.6. The summed E-state index contributed by atoms with van der Waals surface area (Å²) in [5.41, 5.74) is 2.10. The highest BCUT2D eigenvalue weighted by Gasteiger charge is 2.49. The van der Waals surface area contributed by atoms with Gasteiger partial charge in [0, 0.05) is 36.8 Å². The van der Waals surface area contributed by atoms with Crippen molar-refractivity contribution in [1.29, 1.82) is 0 Å². The molecule has 1 spiro atoms. The van der Waals surface area contributed by atoms with Gasteiger partial charge in [0.05, 0.1) is 31.6 Å². The Morgan fingerprint density at radius 1 is 1.26 bits per heavy atom. The second-order valence-corrected chi connectivity index (χ2v) is 8.42. The predicted molar refractivity (Wildman–Crippen MR) is 110 cm³/mol. The van der Waals surface area contributed by atoms with Gasteiger partial charge in [-0.2, -0.15) is 0 Å². The van der Waals surface area contributed by atoms with Crippen LogP contribution in [0.5, 0.6) is 0 Å². The second-order valence-electron chi connectivity index (χ2n) is 8.42. The van der Waals surface area contributed by atoms with Crippen LogP contribution in [0.4, 0.5) is 25.0 Å². The SMILES string of the molecule is O=C(Nc1ccc(F)c(-n2cc3cc(N4CC5(CCO5)C4)cnc3n2)c1)N1CC(F)C1. The Morgan fingerprint density at radius 3 is 2.77 bits per heavy atom. The number of halogens is 2. The summed E-state index contributed by atoms with van der Waals surface area (Å²) in [5.74, 6) is -0.481. The van der Waals surface area contributed by atoms with Crippen molar-refractivity contribution in [3.63, 3.8) is 0 Å². The van der Waals surface area contributed by atoms with Gasteiger partial charge in [-0.25, -0.2) is 23.2 Å². The van der Waals surface area contributed by atoms with E-state index >= 15 is 0 Å². The van der Waals surface area contributed by atoms with Crippen LogP contribution >= 0.6 is 0 Å². The zero-order chi connectivity index (χ0) is 21.2. The van der Waals surface area contributed by atoms with Crippen molar-refractivity contribution in [3.8, 4) is 5.69 Å². The number of nitrogens with one attached hydrogen (secondary N) is 1. The lowest BCUT2D eigenvalue weighted by Crippen LogP contribution is -2.68. The number of likely N-dealkylation sites (tertiary alicyclic amines) is 1. The van der Waals surface area contributed by atoms with Gasteiger partial charge in [-0.15, -0.1) is 5.10 Å². The van der Waals surface area contributed by atoms with Crippen LogP contribution in [-0.2, 0) is 4.74 Å². The van der Waals surface area contributed by atoms with Crippen molar-refractivity contribution < 1.29 is 18.3 Å². The fourth-order valence-electron chi connectivity index (χ4n) is 4.23. The van der Waals surface area contributed by atoms with Crippen molar-refractivity contribution in [1.82, 2.24) is 19.7 Å². The van der Waals surface area contributed by atoms with Gasteiger partial charge in [-0.05, 0) is 24.3 Å². The van der Waals surface area contributed by atoms with Gasteiger partial charge in [-0.3, -0.25) is 0 Å². The third-order valence-corrected chi connectivity index (χ3v) is 6.20. The lowest BCUT2D eigenvalue weighted by atomic mass is 9.86. The number of rotatable bonds is 3. The molecule has 0 unspecified atom stereocenters. The van der Waals surface area contributed by atoms with E-state index in [2.05, 4.69) is 20.3 Å². The van der Waals surface area contributed by atoms with Crippen LogP contribution in [0.3, 0.4) is 0 Å². The van der Waals surface area contributed by atoms with Crippen molar-refractivity contribution >= 4 is 28.4 Å². The van der Waals surface area contributed by atoms with Crippen molar-refractivity contribution in [2.45, 2.75) is 18.2 Å². The molecule has 1 aromatic carbocycles. The van der Waals surface area contributed by atoms with Crippen LogP contribution in [0.1, 0.15) is 6.42 Å². The molecule has 0 radical (unpaired) electrons. The third kappa shape index (κ3) is 3.09. The number of fused-ring (bicyclic) bond motifs is 1. The maximum atomic E-state index is 14.5. The Kier molecular flexibility index (Phi) is 3.95. The Labute approximate surface area is 176 Å². The molecular weight excluding hydrogens is 406 g/mol. The smallest absolute Gasteiger partial charge is 0.322 e. The molecular formula is C21H20F2N6O2. The zero-order valence-corrected chi connectivity index (χ0v) is 16.6. The first-order valence-electron chi connectivity index (χ1n) is 10.2. The second kappa shape index (κ2) is 6.61. The molecule has 160 valence electrons. The Hall–Kier alpha value is -3.27. The van der Waals surface area contributed by atoms with Gasteiger partial charge in [0.15, 0.2) is 5.65 Å². The number of ether oxygens (including phenoxy) is 1. The standard InChI is InChI=1S/C21H20F2N6O2/c22-14-9-27(10-14)20(30)25-15-1-2-17(23)18(6-15)29-8-13-5-16(7-24-19(13)26-29)28-11-21(12-28)3-4-31-21/h1-2,5-8,14H,3-4,9-12H2,(H,25,30). The van der Waals surface area contributed by atoms with Crippen LogP contribution in [0.25, 0.3) is 16.7 Å². The molecule has 1 N–H and O–H groups in total. The molecule has 6 rings (SSSR count). The normalized spacial score (nSPS) is 19.8. The molecule has 0 bridgehead atoms. The van der Waals surface area contributed by atoms with E-state index < -0.39 is 18.0 Å². The monoisotopic (exact) mass is 426 g/mol. The van der Waals surface area contributed by atoms with Gasteiger partial charge < -0.3 is 19.9 Å². The van der Waals surface area contributed by atoms with Crippen LogP contribution < -0.4 is 10.2 Å². The number of hydrogen-bond acceptors (Lipinski definition) is 5. The van der Waals surface area contributed by atoms with Gasteiger partial charge in [-0.1, -0.05) is 0 Å². The van der Waals surface area contributed by atoms with E-state index in [-0.39, 0.29) is 24.4 Å². The summed E-state index contributed by atoms with van der Waals surface area (Å²) in [7, 11) is 0. The van der Waals surface area contributed by atoms with Crippen molar-refractivity contribution in [3.05, 3.63) is 42.5 Å². The summed E-state index contributed by atoms with van der Waals surface area (Å²) in [6.45, 7) is 2.68. The maximum Gasteiger partial charge on any atom is 0.322 e. The molecule has 3 aliphatic rings. The third-order valence-electron chi connectivity index (χ3n) is 6.20. The summed E-state index contributed by atoms with van der Waals surface area (Å²) >= 11 is 0. The van der Waals surface area contributed by atoms with Gasteiger partial charge in [0.25, 0.3) is 0 Å². The number of benzene rings is 1. The first-order chi connectivity index (χ1) is 15.0. The number of carbonyl (C=O) groups excluding carboxylic acids is 1. The first kappa shape index (κ1) is 18.5. The number of pyridine rings is 1. The molecule has 3 saturated heterocycles. The minimum absolute atomic E-state index is 0.0221. The van der Waals surface area contributed by atoms with E-state index in [1.807, 2.05) is 6.07 Å². The van der Waals surface area contributed by atoms with E-state index in [1.54, 1.807) is 12.4 Å². The molecule has 3 fully saturated rings. The van der Waals surface area contributed by atoms with Crippen molar-refractivity contribution in [2.75, 3.05) is 43.0 Å². The Balaban J connectivity index is 1.24. The highest BCUT2D eigenvalue weighted by molar-refractivity contribution is 5.90. The summed E-state index contributed by atoms with van der Waals surface area (Å²) in [5, 5.41) is 7.85. The van der Waals surface area contributed by atoms with E-state index in [9.17, 15) is 13.6 Å². The molecule has 5 heterocycles. The van der Waals surface area contributed by atoms with Gasteiger partial charge in [0.2, 0.25) is 0 Å². The van der Waals surface area contributed by atoms with E-state index in [1.165, 1.54) is 27.8 Å². The number of urea groups is 1. The highest BCUT2D eigenvalue weighted by atomic mass is 19.1. The van der Waals surface area contributed by atoms with Gasteiger partial charge >= 0.3 is 6.03 Å². The summed E-state index contributed by atoms with van der Waals surface area (Å²) in [6, 6.07) is 5.80. The molecule has 3 aromatic rings. The molecule has 10 heteroatoms. The largest absolute Gasteiger partial charge is 0.371 e. The Morgan fingerprint density at radius 2 is 2.06 bits per heavy atom. The van der Waals surface area contributed by atoms with E-state index in [0.717, 1.165) is 37.2 Å². The minimum Gasteiger partial charge on any atom is -0.371 e. The number of nitrogens with zero attached hydrogens (tertiary/aromatic N) is 5. The van der Waals surface area contributed by atoms with Gasteiger partial charge in [0.1, 0.15) is 23.3 Å². The fraction of sp³-hybridized carbons (Fsp3) is 0.381. The number of amides is 2. The predicted octanol–water partition coefficient (Wildman–Crippen LogP) is 2.72. The molecule has 3 aliphatic heterocycles. The molecule has 31 heavy (non-hydrogen) atoms. The minimum atomic E-state index is -0.980. The lowest BCUT2D eigenvalue weighted by Gasteiger charge is -2.55. The molecule has 0 atom stereocenters. The fourth-order valence-corrected chi connectivity index (χ4v) is 4.23. The topological polar surface area (TPSA) is 75.5 Å². The highest BCUT2D eigenvalue weighted by Crippen LogP contribution is 2.39. The molecule has 2 amide bonds. The number of hydrogen-bond donors (Lipinski definition) is 1. The first-order valence-corrected chi connectivity index (χ1v) is 10.2. The number of anilines is 2.